The van der Waals surface area contributed by atoms with Crippen molar-refractivity contribution in [3.63, 3.8) is 0 Å². The number of fused-ring (bicyclic) bond motifs is 1. The molecule has 42 heavy (non-hydrogen) atoms. The summed E-state index contributed by atoms with van der Waals surface area (Å²) in [6.07, 6.45) is -3.39. The minimum Gasteiger partial charge on any atom is -0.368 e. The van der Waals surface area contributed by atoms with Crippen LogP contribution in [0.4, 0.5) is 0 Å². The molecule has 7 nitrogen and oxygen atoms in total. The Balaban J connectivity index is 1.33. The second-order valence-electron chi connectivity index (χ2n) is 10.2. The van der Waals surface area contributed by atoms with Gasteiger partial charge in [-0.3, -0.25) is 9.00 Å². The molecule has 0 aliphatic carbocycles. The van der Waals surface area contributed by atoms with Crippen LogP contribution >= 0.6 is 0 Å². The van der Waals surface area contributed by atoms with Crippen LogP contribution in [0.15, 0.2) is 126 Å². The van der Waals surface area contributed by atoms with Crippen molar-refractivity contribution in [1.29, 1.82) is 0 Å². The van der Waals surface area contributed by atoms with Gasteiger partial charge in [-0.15, -0.1) is 0 Å². The molecule has 2 aliphatic rings. The second kappa shape index (κ2) is 13.6. The molecule has 2 heterocycles. The zero-order chi connectivity index (χ0) is 28.7. The van der Waals surface area contributed by atoms with E-state index in [9.17, 15) is 9.00 Å². The van der Waals surface area contributed by atoms with Gasteiger partial charge < -0.3 is 23.7 Å². The van der Waals surface area contributed by atoms with Crippen LogP contribution in [0.25, 0.3) is 0 Å². The Kier molecular flexibility index (Phi) is 9.30. The van der Waals surface area contributed by atoms with E-state index >= 15 is 0 Å². The number of rotatable bonds is 10. The lowest BCUT2D eigenvalue weighted by molar-refractivity contribution is -0.328. The summed E-state index contributed by atoms with van der Waals surface area (Å²) < 4.78 is 45.9. The van der Waals surface area contributed by atoms with E-state index < -0.39 is 46.9 Å². The number of Topliss-reactive ketones (excluding diaryl/α,β-unsaturated/α-hetero) is 1. The lowest BCUT2D eigenvalue weighted by Gasteiger charge is -2.48. The smallest absolute Gasteiger partial charge is 0.188 e. The fourth-order valence-electron chi connectivity index (χ4n) is 5.20. The van der Waals surface area contributed by atoms with Gasteiger partial charge in [0.1, 0.15) is 31.0 Å². The van der Waals surface area contributed by atoms with Gasteiger partial charge in [-0.05, 0) is 17.7 Å². The van der Waals surface area contributed by atoms with Crippen LogP contribution in [-0.4, -0.2) is 53.1 Å². The maximum absolute atomic E-state index is 14.0. The highest BCUT2D eigenvalue weighted by Gasteiger charge is 2.53. The monoisotopic (exact) mass is 584 g/mol. The first kappa shape index (κ1) is 28.6. The Labute approximate surface area is 247 Å². The van der Waals surface area contributed by atoms with Gasteiger partial charge in [-0.1, -0.05) is 109 Å². The average Bonchev–Trinajstić information content (AvgIpc) is 3.07. The summed E-state index contributed by atoms with van der Waals surface area (Å²) >= 11 is 0. The third-order valence-corrected chi connectivity index (χ3v) is 8.87. The van der Waals surface area contributed by atoms with Crippen LogP contribution in [0.2, 0.25) is 0 Å². The predicted molar refractivity (Wildman–Crippen MR) is 157 cm³/mol. The first-order chi connectivity index (χ1) is 20.7. The van der Waals surface area contributed by atoms with Gasteiger partial charge in [-0.2, -0.15) is 0 Å². The molecule has 0 spiro atoms. The van der Waals surface area contributed by atoms with Crippen molar-refractivity contribution in [3.05, 3.63) is 138 Å². The van der Waals surface area contributed by atoms with E-state index in [0.29, 0.717) is 10.5 Å². The normalized spacial score (nSPS) is 26.2. The summed E-state index contributed by atoms with van der Waals surface area (Å²) in [7, 11) is -1.64. The van der Waals surface area contributed by atoms with Crippen LogP contribution in [0.5, 0.6) is 0 Å². The quantitative estimate of drug-likeness (QED) is 0.228. The van der Waals surface area contributed by atoms with E-state index in [1.165, 1.54) is 0 Å². The van der Waals surface area contributed by atoms with E-state index in [1.54, 1.807) is 36.4 Å². The Morgan fingerprint density at radius 2 is 1.36 bits per heavy atom. The van der Waals surface area contributed by atoms with Gasteiger partial charge in [0.25, 0.3) is 0 Å². The Morgan fingerprint density at radius 3 is 2.05 bits per heavy atom. The number of ether oxygens (including phenoxy) is 5. The van der Waals surface area contributed by atoms with Gasteiger partial charge in [-0.25, -0.2) is 0 Å². The van der Waals surface area contributed by atoms with Crippen LogP contribution in [0.1, 0.15) is 27.8 Å². The van der Waals surface area contributed by atoms with E-state index in [1.807, 2.05) is 84.9 Å². The summed E-state index contributed by atoms with van der Waals surface area (Å²) in [6, 6.07) is 37.5. The fourth-order valence-corrected chi connectivity index (χ4v) is 6.61. The maximum atomic E-state index is 14.0. The van der Waals surface area contributed by atoms with Crippen molar-refractivity contribution in [1.82, 2.24) is 0 Å². The molecule has 2 fully saturated rings. The molecule has 2 saturated heterocycles. The lowest BCUT2D eigenvalue weighted by Crippen LogP contribution is -2.64. The van der Waals surface area contributed by atoms with Crippen molar-refractivity contribution in [2.75, 3.05) is 13.2 Å². The van der Waals surface area contributed by atoms with Crippen molar-refractivity contribution >= 4 is 16.6 Å². The van der Waals surface area contributed by atoms with E-state index in [0.717, 1.165) is 11.1 Å². The third kappa shape index (κ3) is 6.60. The third-order valence-electron chi connectivity index (χ3n) is 7.33. The van der Waals surface area contributed by atoms with E-state index in [2.05, 4.69) is 0 Å². The van der Waals surface area contributed by atoms with Crippen molar-refractivity contribution in [3.8, 4) is 0 Å². The molecule has 8 heteroatoms. The van der Waals surface area contributed by atoms with Gasteiger partial charge in [0, 0.05) is 16.0 Å². The molecular formula is C34H32O7S. The summed E-state index contributed by atoms with van der Waals surface area (Å²) in [5.41, 5.74) is 1.43. The standard InChI is InChI=1S/C34H32O7S/c35-28(25-15-7-2-8-16-25)22-38-32-31(37-21-24-13-5-1-6-14-24)30-29(23-39-33(41-30)26-17-9-3-10-18-26)40-34(32)42(36)27-19-11-4-12-20-27/h1-20,29-34H,21-23H2/t29-,30-,31+,32+,33?,34-,42?/m1/s1. The van der Waals surface area contributed by atoms with E-state index in [-0.39, 0.29) is 25.6 Å². The summed E-state index contributed by atoms with van der Waals surface area (Å²) in [5.74, 6) is -0.196. The van der Waals surface area contributed by atoms with Gasteiger partial charge in [0.05, 0.1) is 24.0 Å². The topological polar surface area (TPSA) is 80.3 Å². The van der Waals surface area contributed by atoms with Crippen molar-refractivity contribution < 1.29 is 32.7 Å². The van der Waals surface area contributed by atoms with Crippen LogP contribution in [0, 0.1) is 0 Å². The molecular weight excluding hydrogens is 552 g/mol. The van der Waals surface area contributed by atoms with Crippen LogP contribution in [-0.2, 0) is 41.1 Å². The Bertz CT molecular complexity index is 1450. The summed E-state index contributed by atoms with van der Waals surface area (Å²) in [4.78, 5) is 13.7. The molecule has 2 unspecified atom stereocenters. The molecule has 4 aromatic carbocycles. The minimum absolute atomic E-state index is 0.196. The SMILES string of the molecule is O=C(CO[C@H]1[C@@H](OCc2ccccc2)[C@@H]2OC(c3ccccc3)OC[C@H]2O[C@@H]1S(=O)c1ccccc1)c1ccccc1. The summed E-state index contributed by atoms with van der Waals surface area (Å²) in [6.45, 7) is 0.251. The number of hydrogen-bond donors (Lipinski definition) is 0. The minimum atomic E-state index is -1.64. The molecule has 0 N–H and O–H groups in total. The number of carbonyl (C=O) groups is 1. The molecule has 7 atom stereocenters. The Hall–Kier alpha value is -3.50. The first-order valence-electron chi connectivity index (χ1n) is 14.0. The Morgan fingerprint density at radius 1 is 0.738 bits per heavy atom. The zero-order valence-corrected chi connectivity index (χ0v) is 23.7. The van der Waals surface area contributed by atoms with Gasteiger partial charge in [0.15, 0.2) is 17.5 Å². The fraction of sp³-hybridized carbons (Fsp3) is 0.265. The summed E-state index contributed by atoms with van der Waals surface area (Å²) in [5, 5.41) is 0. The molecule has 4 aromatic rings. The van der Waals surface area contributed by atoms with Crippen molar-refractivity contribution in [2.45, 2.75) is 47.6 Å². The molecule has 6 rings (SSSR count). The number of carbonyl (C=O) groups excluding carboxylic acids is 1. The van der Waals surface area contributed by atoms with Gasteiger partial charge in [0.2, 0.25) is 0 Å². The molecule has 216 valence electrons. The molecule has 0 saturated carbocycles. The highest BCUT2D eigenvalue weighted by atomic mass is 32.2. The largest absolute Gasteiger partial charge is 0.368 e. The number of benzene rings is 4. The molecule has 0 bridgehead atoms. The molecule has 0 radical (unpaired) electrons. The lowest BCUT2D eigenvalue weighted by atomic mass is 9.98. The molecule has 0 aromatic heterocycles. The highest BCUT2D eigenvalue weighted by Crippen LogP contribution is 2.38. The van der Waals surface area contributed by atoms with Crippen LogP contribution in [0.3, 0.4) is 0 Å². The van der Waals surface area contributed by atoms with E-state index in [4.69, 9.17) is 23.7 Å². The predicted octanol–water partition coefficient (Wildman–Crippen LogP) is 5.49. The van der Waals surface area contributed by atoms with Crippen LogP contribution < -0.4 is 0 Å². The second-order valence-corrected chi connectivity index (χ2v) is 11.7. The average molecular weight is 585 g/mol. The zero-order valence-electron chi connectivity index (χ0n) is 22.9. The molecule has 0 amide bonds. The molecule has 2 aliphatic heterocycles. The number of ketones is 1. The maximum Gasteiger partial charge on any atom is 0.188 e. The first-order valence-corrected chi connectivity index (χ1v) is 15.2. The van der Waals surface area contributed by atoms with Gasteiger partial charge >= 0.3 is 0 Å². The highest BCUT2D eigenvalue weighted by molar-refractivity contribution is 7.85. The number of hydrogen-bond acceptors (Lipinski definition) is 7. The van der Waals surface area contributed by atoms with Crippen molar-refractivity contribution in [2.24, 2.45) is 0 Å².